The number of halogens is 2. The van der Waals surface area contributed by atoms with Crippen LogP contribution in [0.5, 0.6) is 11.5 Å². The van der Waals surface area contributed by atoms with Gasteiger partial charge in [-0.2, -0.15) is 5.10 Å². The van der Waals surface area contributed by atoms with Crippen LogP contribution in [0, 0.1) is 0 Å². The zero-order valence-corrected chi connectivity index (χ0v) is 22.7. The fourth-order valence-electron chi connectivity index (χ4n) is 3.22. The van der Waals surface area contributed by atoms with Crippen LogP contribution in [0.3, 0.4) is 0 Å². The molecule has 3 aromatic rings. The molecule has 8 nitrogen and oxygen atoms in total. The Labute approximate surface area is 226 Å². The molecule has 0 atom stereocenters. The maximum atomic E-state index is 13.4. The fraction of sp³-hybridized carbons (Fsp3) is 0.231. The van der Waals surface area contributed by atoms with Crippen molar-refractivity contribution < 1.29 is 22.7 Å². The average Bonchev–Trinajstić information content (AvgIpc) is 2.89. The van der Waals surface area contributed by atoms with Crippen molar-refractivity contribution in [2.75, 3.05) is 24.1 Å². The maximum Gasteiger partial charge on any atom is 0.264 e. The molecule has 0 bridgehead atoms. The van der Waals surface area contributed by atoms with E-state index in [0.29, 0.717) is 30.3 Å². The van der Waals surface area contributed by atoms with Crippen molar-refractivity contribution in [1.82, 2.24) is 5.43 Å². The van der Waals surface area contributed by atoms with Gasteiger partial charge in [0.2, 0.25) is 0 Å². The highest BCUT2D eigenvalue weighted by molar-refractivity contribution is 7.92. The highest BCUT2D eigenvalue weighted by atomic mass is 35.5. The van der Waals surface area contributed by atoms with Gasteiger partial charge in [-0.1, -0.05) is 48.3 Å². The summed E-state index contributed by atoms with van der Waals surface area (Å²) in [6.45, 7) is 4.36. The molecule has 37 heavy (non-hydrogen) atoms. The lowest BCUT2D eigenvalue weighted by Crippen LogP contribution is -2.39. The summed E-state index contributed by atoms with van der Waals surface area (Å²) in [6, 6.07) is 17.4. The van der Waals surface area contributed by atoms with Gasteiger partial charge in [0, 0.05) is 0 Å². The van der Waals surface area contributed by atoms with Crippen LogP contribution in [0.2, 0.25) is 10.0 Å². The van der Waals surface area contributed by atoms with Crippen molar-refractivity contribution in [3.05, 3.63) is 82.3 Å². The Hall–Kier alpha value is -3.27. The topological polar surface area (TPSA) is 97.3 Å². The first-order valence-corrected chi connectivity index (χ1v) is 13.7. The summed E-state index contributed by atoms with van der Waals surface area (Å²) in [5.41, 5.74) is 3.21. The number of nitrogens with one attached hydrogen (secondary N) is 1. The zero-order chi connectivity index (χ0) is 26.8. The number of carbonyl (C=O) groups is 1. The van der Waals surface area contributed by atoms with E-state index in [1.807, 2.05) is 13.8 Å². The van der Waals surface area contributed by atoms with Crippen LogP contribution in [0.25, 0.3) is 0 Å². The molecule has 196 valence electrons. The fourth-order valence-corrected chi connectivity index (χ4v) is 4.95. The number of rotatable bonds is 12. The summed E-state index contributed by atoms with van der Waals surface area (Å²) in [5, 5.41) is 4.39. The number of anilines is 1. The number of nitrogens with zero attached hydrogens (tertiary/aromatic N) is 2. The van der Waals surface area contributed by atoms with Crippen molar-refractivity contribution in [3.63, 3.8) is 0 Å². The molecule has 11 heteroatoms. The van der Waals surface area contributed by atoms with Crippen LogP contribution in [0.15, 0.2) is 76.7 Å². The molecule has 3 aromatic carbocycles. The van der Waals surface area contributed by atoms with Crippen molar-refractivity contribution in [2.45, 2.75) is 25.2 Å². The van der Waals surface area contributed by atoms with E-state index in [0.717, 1.165) is 10.7 Å². The summed E-state index contributed by atoms with van der Waals surface area (Å²) in [5.74, 6) is 0.522. The van der Waals surface area contributed by atoms with E-state index in [1.54, 1.807) is 36.4 Å². The van der Waals surface area contributed by atoms with E-state index in [4.69, 9.17) is 32.7 Å². The molecule has 0 unspecified atom stereocenters. The van der Waals surface area contributed by atoms with Gasteiger partial charge >= 0.3 is 0 Å². The van der Waals surface area contributed by atoms with Gasteiger partial charge in [-0.15, -0.1) is 0 Å². The van der Waals surface area contributed by atoms with Gasteiger partial charge in [0.15, 0.2) is 11.5 Å². The molecule has 0 spiro atoms. The van der Waals surface area contributed by atoms with Gasteiger partial charge in [0.25, 0.3) is 15.9 Å². The first kappa shape index (κ1) is 28.3. The Kier molecular flexibility index (Phi) is 10.2. The van der Waals surface area contributed by atoms with Gasteiger partial charge in [-0.3, -0.25) is 9.10 Å². The first-order valence-electron chi connectivity index (χ1n) is 11.5. The van der Waals surface area contributed by atoms with Crippen LogP contribution in [-0.4, -0.2) is 40.3 Å². The lowest BCUT2D eigenvalue weighted by Gasteiger charge is -2.24. The number of ether oxygens (including phenoxy) is 2. The Balaban J connectivity index is 1.79. The number of benzene rings is 3. The van der Waals surface area contributed by atoms with Crippen molar-refractivity contribution >= 4 is 51.0 Å². The maximum absolute atomic E-state index is 13.4. The lowest BCUT2D eigenvalue weighted by molar-refractivity contribution is -0.119. The number of amides is 1. The molecule has 3 rings (SSSR count). The van der Waals surface area contributed by atoms with E-state index in [9.17, 15) is 13.2 Å². The summed E-state index contributed by atoms with van der Waals surface area (Å²) >= 11 is 12.1. The second-order valence-electron chi connectivity index (χ2n) is 7.70. The molecule has 1 amide bonds. The zero-order valence-electron chi connectivity index (χ0n) is 20.4. The third-order valence-corrected chi connectivity index (χ3v) is 7.47. The largest absolute Gasteiger partial charge is 0.490 e. The minimum Gasteiger partial charge on any atom is -0.490 e. The Morgan fingerprint density at radius 2 is 1.73 bits per heavy atom. The quantitative estimate of drug-likeness (QED) is 0.231. The van der Waals surface area contributed by atoms with E-state index in [2.05, 4.69) is 10.5 Å². The molecule has 1 N–H and O–H groups in total. The number of sulfonamides is 1. The molecule has 0 saturated heterocycles. The minimum absolute atomic E-state index is 0.0196. The Bertz CT molecular complexity index is 1350. The van der Waals surface area contributed by atoms with E-state index < -0.39 is 22.5 Å². The molecule has 0 aliphatic rings. The Morgan fingerprint density at radius 3 is 2.41 bits per heavy atom. The van der Waals surface area contributed by atoms with Gasteiger partial charge in [0.1, 0.15) is 6.54 Å². The van der Waals surface area contributed by atoms with Crippen molar-refractivity contribution in [2.24, 2.45) is 5.10 Å². The normalized spacial score (nSPS) is 11.4. The first-order chi connectivity index (χ1) is 17.8. The summed E-state index contributed by atoms with van der Waals surface area (Å²) in [4.78, 5) is 12.8. The molecule has 0 heterocycles. The number of hydrazone groups is 1. The minimum atomic E-state index is -4.09. The van der Waals surface area contributed by atoms with Crippen LogP contribution < -0.4 is 19.2 Å². The van der Waals surface area contributed by atoms with Crippen molar-refractivity contribution in [3.8, 4) is 11.5 Å². The van der Waals surface area contributed by atoms with E-state index in [1.165, 1.54) is 36.5 Å². The standard InChI is InChI=1S/C26H27Cl2N3O5S/c1-3-14-36-24-13-10-19(15-25(24)35-4-2)17-29-30-26(32)18-31(20-11-12-22(27)23(28)16-20)37(33,34)21-8-6-5-7-9-21/h5-13,15-17H,3-4,14,18H2,1-2H3,(H,30,32). The predicted molar refractivity (Wildman–Crippen MR) is 147 cm³/mol. The second-order valence-corrected chi connectivity index (χ2v) is 10.4. The van der Waals surface area contributed by atoms with E-state index >= 15 is 0 Å². The third-order valence-electron chi connectivity index (χ3n) is 4.94. The van der Waals surface area contributed by atoms with E-state index in [-0.39, 0.29) is 20.6 Å². The van der Waals surface area contributed by atoms with Crippen molar-refractivity contribution in [1.29, 1.82) is 0 Å². The van der Waals surface area contributed by atoms with Crippen LogP contribution in [-0.2, 0) is 14.8 Å². The molecule has 0 aliphatic carbocycles. The molecular formula is C26H27Cl2N3O5S. The Morgan fingerprint density at radius 1 is 0.973 bits per heavy atom. The summed E-state index contributed by atoms with van der Waals surface area (Å²) in [6.07, 6.45) is 2.29. The summed E-state index contributed by atoms with van der Waals surface area (Å²) in [7, 11) is -4.09. The smallest absolute Gasteiger partial charge is 0.264 e. The highest BCUT2D eigenvalue weighted by Gasteiger charge is 2.27. The molecule has 0 aromatic heterocycles. The third kappa shape index (κ3) is 7.61. The summed E-state index contributed by atoms with van der Waals surface area (Å²) < 4.78 is 39.0. The SMILES string of the molecule is CCCOc1ccc(C=NNC(=O)CN(c2ccc(Cl)c(Cl)c2)S(=O)(=O)c2ccccc2)cc1OCC. The van der Waals surface area contributed by atoms with Gasteiger partial charge < -0.3 is 9.47 Å². The molecular weight excluding hydrogens is 537 g/mol. The second kappa shape index (κ2) is 13.3. The number of hydrogen-bond donors (Lipinski definition) is 1. The molecule has 0 saturated carbocycles. The van der Waals surface area contributed by atoms with Crippen LogP contribution >= 0.6 is 23.2 Å². The average molecular weight is 564 g/mol. The van der Waals surface area contributed by atoms with Crippen LogP contribution in [0.1, 0.15) is 25.8 Å². The van der Waals surface area contributed by atoms with Gasteiger partial charge in [-0.05, 0) is 67.4 Å². The van der Waals surface area contributed by atoms with Gasteiger partial charge in [0.05, 0.1) is 40.1 Å². The van der Waals surface area contributed by atoms with Gasteiger partial charge in [-0.25, -0.2) is 13.8 Å². The molecule has 0 fully saturated rings. The highest BCUT2D eigenvalue weighted by Crippen LogP contribution is 2.31. The number of hydrogen-bond acceptors (Lipinski definition) is 6. The predicted octanol–water partition coefficient (Wildman–Crippen LogP) is 5.53. The molecule has 0 aliphatic heterocycles. The monoisotopic (exact) mass is 563 g/mol. The number of carbonyl (C=O) groups excluding carboxylic acids is 1. The lowest BCUT2D eigenvalue weighted by atomic mass is 10.2. The molecule has 0 radical (unpaired) electrons. The van der Waals surface area contributed by atoms with Crippen LogP contribution in [0.4, 0.5) is 5.69 Å².